The van der Waals surface area contributed by atoms with Crippen LogP contribution < -0.4 is 14.2 Å². The van der Waals surface area contributed by atoms with E-state index in [0.29, 0.717) is 18.0 Å². The van der Waals surface area contributed by atoms with Gasteiger partial charge in [0.1, 0.15) is 11.5 Å². The van der Waals surface area contributed by atoms with Crippen LogP contribution >= 0.6 is 0 Å². The third kappa shape index (κ3) is 4.89. The molecule has 0 aliphatic heterocycles. The van der Waals surface area contributed by atoms with Gasteiger partial charge in [0.15, 0.2) is 0 Å². The Morgan fingerprint density at radius 1 is 0.957 bits per heavy atom. The van der Waals surface area contributed by atoms with E-state index in [-0.39, 0.29) is 4.90 Å². The van der Waals surface area contributed by atoms with Gasteiger partial charge in [-0.15, -0.1) is 0 Å². The van der Waals surface area contributed by atoms with Crippen molar-refractivity contribution in [2.24, 2.45) is 0 Å². The summed E-state index contributed by atoms with van der Waals surface area (Å²) in [6.45, 7) is 2.76. The van der Waals surface area contributed by atoms with Crippen LogP contribution in [0.4, 0.5) is 5.69 Å². The number of ether oxygens (including phenoxy) is 2. The third-order valence-corrected chi connectivity index (χ3v) is 4.64. The van der Waals surface area contributed by atoms with Crippen LogP contribution in [0.5, 0.6) is 11.5 Å². The maximum Gasteiger partial charge on any atom is 0.261 e. The van der Waals surface area contributed by atoms with Gasteiger partial charge in [-0.3, -0.25) is 4.72 Å². The van der Waals surface area contributed by atoms with E-state index in [0.717, 1.165) is 18.6 Å². The molecular formula is C17H21NO4S. The SMILES string of the molecule is CCCCOc1ccc(NS(=O)(=O)c2ccc(OC)cc2)cc1. The van der Waals surface area contributed by atoms with Crippen molar-refractivity contribution >= 4 is 15.7 Å². The van der Waals surface area contributed by atoms with Gasteiger partial charge in [0.05, 0.1) is 18.6 Å². The highest BCUT2D eigenvalue weighted by molar-refractivity contribution is 7.92. The lowest BCUT2D eigenvalue weighted by molar-refractivity contribution is 0.309. The average molecular weight is 335 g/mol. The number of hydrogen-bond acceptors (Lipinski definition) is 4. The summed E-state index contributed by atoms with van der Waals surface area (Å²) in [5, 5.41) is 0. The highest BCUT2D eigenvalue weighted by Gasteiger charge is 2.14. The van der Waals surface area contributed by atoms with Crippen molar-refractivity contribution in [1.82, 2.24) is 0 Å². The lowest BCUT2D eigenvalue weighted by Crippen LogP contribution is -2.12. The first kappa shape index (κ1) is 17.1. The Kier molecular flexibility index (Phi) is 5.87. The smallest absolute Gasteiger partial charge is 0.261 e. The van der Waals surface area contributed by atoms with E-state index in [1.807, 2.05) is 0 Å². The first-order chi connectivity index (χ1) is 11.0. The van der Waals surface area contributed by atoms with Gasteiger partial charge >= 0.3 is 0 Å². The summed E-state index contributed by atoms with van der Waals surface area (Å²) in [5.74, 6) is 1.34. The Morgan fingerprint density at radius 3 is 2.13 bits per heavy atom. The summed E-state index contributed by atoms with van der Waals surface area (Å²) in [5.41, 5.74) is 0.489. The maximum absolute atomic E-state index is 12.3. The van der Waals surface area contributed by atoms with Gasteiger partial charge in [-0.25, -0.2) is 8.42 Å². The molecule has 0 saturated carbocycles. The molecule has 0 radical (unpaired) electrons. The zero-order chi connectivity index (χ0) is 16.7. The standard InChI is InChI=1S/C17H21NO4S/c1-3-4-13-22-16-7-5-14(6-8-16)18-23(19,20)17-11-9-15(21-2)10-12-17/h5-12,18H,3-4,13H2,1-2H3. The lowest BCUT2D eigenvalue weighted by Gasteiger charge is -2.10. The topological polar surface area (TPSA) is 64.6 Å². The van der Waals surface area contributed by atoms with Gasteiger partial charge in [-0.2, -0.15) is 0 Å². The predicted octanol–water partition coefficient (Wildman–Crippen LogP) is 3.67. The Bertz CT molecular complexity index is 709. The highest BCUT2D eigenvalue weighted by atomic mass is 32.2. The van der Waals surface area contributed by atoms with Crippen LogP contribution in [0, 0.1) is 0 Å². The lowest BCUT2D eigenvalue weighted by atomic mass is 10.3. The number of anilines is 1. The van der Waals surface area contributed by atoms with E-state index < -0.39 is 10.0 Å². The second-order valence-electron chi connectivity index (χ2n) is 5.01. The fraction of sp³-hybridized carbons (Fsp3) is 0.294. The first-order valence-corrected chi connectivity index (χ1v) is 8.93. The monoisotopic (exact) mass is 335 g/mol. The third-order valence-electron chi connectivity index (χ3n) is 3.24. The minimum absolute atomic E-state index is 0.182. The van der Waals surface area contributed by atoms with Crippen LogP contribution in [0.3, 0.4) is 0 Å². The van der Waals surface area contributed by atoms with E-state index in [1.54, 1.807) is 36.4 Å². The zero-order valence-electron chi connectivity index (χ0n) is 13.3. The molecule has 0 spiro atoms. The Hall–Kier alpha value is -2.21. The molecule has 0 fully saturated rings. The maximum atomic E-state index is 12.3. The summed E-state index contributed by atoms with van der Waals surface area (Å²) < 4.78 is 37.7. The van der Waals surface area contributed by atoms with Crippen molar-refractivity contribution in [3.63, 3.8) is 0 Å². The molecule has 0 bridgehead atoms. The number of methoxy groups -OCH3 is 1. The van der Waals surface area contributed by atoms with E-state index in [9.17, 15) is 8.42 Å². The number of sulfonamides is 1. The summed E-state index contributed by atoms with van der Waals surface area (Å²) in [6, 6.07) is 13.1. The molecule has 5 nitrogen and oxygen atoms in total. The summed E-state index contributed by atoms with van der Waals surface area (Å²) in [4.78, 5) is 0.182. The van der Waals surface area contributed by atoms with Crippen molar-refractivity contribution in [1.29, 1.82) is 0 Å². The molecule has 2 aromatic rings. The molecule has 6 heteroatoms. The second kappa shape index (κ2) is 7.87. The van der Waals surface area contributed by atoms with E-state index >= 15 is 0 Å². The highest BCUT2D eigenvalue weighted by Crippen LogP contribution is 2.21. The molecule has 124 valence electrons. The van der Waals surface area contributed by atoms with Gasteiger partial charge in [-0.1, -0.05) is 13.3 Å². The van der Waals surface area contributed by atoms with Crippen LogP contribution in [0.15, 0.2) is 53.4 Å². The van der Waals surface area contributed by atoms with Gasteiger partial charge in [0.2, 0.25) is 0 Å². The van der Waals surface area contributed by atoms with Crippen molar-refractivity contribution in [3.8, 4) is 11.5 Å². The van der Waals surface area contributed by atoms with Crippen LogP contribution in [-0.2, 0) is 10.0 Å². The summed E-state index contributed by atoms with van der Waals surface area (Å²) >= 11 is 0. The zero-order valence-corrected chi connectivity index (χ0v) is 14.1. The molecule has 0 atom stereocenters. The molecule has 0 aromatic heterocycles. The molecule has 1 N–H and O–H groups in total. The molecule has 0 aliphatic rings. The molecule has 0 unspecified atom stereocenters. The number of unbranched alkanes of at least 4 members (excludes halogenated alkanes) is 1. The Balaban J connectivity index is 2.04. The molecule has 23 heavy (non-hydrogen) atoms. The predicted molar refractivity (Wildman–Crippen MR) is 90.6 cm³/mol. The summed E-state index contributed by atoms with van der Waals surface area (Å²) in [6.07, 6.45) is 2.06. The fourth-order valence-electron chi connectivity index (χ4n) is 1.92. The number of rotatable bonds is 8. The van der Waals surface area contributed by atoms with E-state index in [2.05, 4.69) is 11.6 Å². The Labute approximate surface area is 137 Å². The summed E-state index contributed by atoms with van der Waals surface area (Å²) in [7, 11) is -2.08. The normalized spacial score (nSPS) is 11.0. The minimum Gasteiger partial charge on any atom is -0.497 e. The van der Waals surface area contributed by atoms with Gasteiger partial charge in [0.25, 0.3) is 10.0 Å². The minimum atomic E-state index is -3.62. The van der Waals surface area contributed by atoms with Crippen LogP contribution in [0.2, 0.25) is 0 Å². The largest absolute Gasteiger partial charge is 0.497 e. The molecule has 0 saturated heterocycles. The van der Waals surface area contributed by atoms with Crippen molar-refractivity contribution in [2.45, 2.75) is 24.7 Å². The quantitative estimate of drug-likeness (QED) is 0.748. The number of hydrogen-bond donors (Lipinski definition) is 1. The van der Waals surface area contributed by atoms with Crippen LogP contribution in [0.1, 0.15) is 19.8 Å². The first-order valence-electron chi connectivity index (χ1n) is 7.45. The molecule has 2 rings (SSSR count). The van der Waals surface area contributed by atoms with Gasteiger partial charge in [0, 0.05) is 5.69 Å². The van der Waals surface area contributed by atoms with Gasteiger partial charge in [-0.05, 0) is 55.0 Å². The van der Waals surface area contributed by atoms with Crippen molar-refractivity contribution in [2.75, 3.05) is 18.4 Å². The van der Waals surface area contributed by atoms with Crippen molar-refractivity contribution < 1.29 is 17.9 Å². The van der Waals surface area contributed by atoms with E-state index in [1.165, 1.54) is 19.2 Å². The van der Waals surface area contributed by atoms with Crippen LogP contribution in [0.25, 0.3) is 0 Å². The molecule has 0 amide bonds. The molecule has 2 aromatic carbocycles. The molecule has 0 heterocycles. The number of nitrogens with one attached hydrogen (secondary N) is 1. The second-order valence-corrected chi connectivity index (χ2v) is 6.69. The van der Waals surface area contributed by atoms with Crippen LogP contribution in [-0.4, -0.2) is 22.1 Å². The molecular weight excluding hydrogens is 314 g/mol. The molecule has 0 aliphatic carbocycles. The van der Waals surface area contributed by atoms with Gasteiger partial charge < -0.3 is 9.47 Å². The fourth-order valence-corrected chi connectivity index (χ4v) is 2.98. The van der Waals surface area contributed by atoms with E-state index in [4.69, 9.17) is 9.47 Å². The average Bonchev–Trinajstić information content (AvgIpc) is 2.56. The van der Waals surface area contributed by atoms with Crippen molar-refractivity contribution in [3.05, 3.63) is 48.5 Å². The Morgan fingerprint density at radius 2 is 1.57 bits per heavy atom. The number of benzene rings is 2.